The summed E-state index contributed by atoms with van der Waals surface area (Å²) in [4.78, 5) is 22.0. The van der Waals surface area contributed by atoms with Crippen LogP contribution in [-0.2, 0) is 16.2 Å². The van der Waals surface area contributed by atoms with E-state index < -0.39 is 18.4 Å². The zero-order valence-electron chi connectivity index (χ0n) is 16.4. The predicted octanol–water partition coefficient (Wildman–Crippen LogP) is 4.75. The lowest BCUT2D eigenvalue weighted by Gasteiger charge is -2.09. The van der Waals surface area contributed by atoms with Crippen LogP contribution in [0.3, 0.4) is 0 Å². The lowest BCUT2D eigenvalue weighted by atomic mass is 10.1. The first-order valence-electron chi connectivity index (χ1n) is 9.15. The maximum Gasteiger partial charge on any atom is 0.322 e. The number of ether oxygens (including phenoxy) is 1. The molecule has 9 heteroatoms. The minimum Gasteiger partial charge on any atom is -0.489 e. The molecule has 1 aromatic heterocycles. The number of aromatic nitrogens is 1. The molecule has 0 aliphatic heterocycles. The highest BCUT2D eigenvalue weighted by Crippen LogP contribution is 2.37. The second-order valence-electron chi connectivity index (χ2n) is 6.47. The van der Waals surface area contributed by atoms with Crippen molar-refractivity contribution in [2.45, 2.75) is 13.5 Å². The maximum atomic E-state index is 11.5. The van der Waals surface area contributed by atoms with E-state index in [-0.39, 0.29) is 6.61 Å². The van der Waals surface area contributed by atoms with Crippen molar-refractivity contribution in [3.63, 3.8) is 0 Å². The van der Waals surface area contributed by atoms with Crippen molar-refractivity contribution < 1.29 is 24.0 Å². The molecule has 0 fully saturated rings. The van der Waals surface area contributed by atoms with Crippen LogP contribution in [0.4, 0.5) is 0 Å². The van der Waals surface area contributed by atoms with Gasteiger partial charge in [0.05, 0.1) is 15.6 Å². The first-order valence-corrected chi connectivity index (χ1v) is 9.91. The first kappa shape index (κ1) is 22.4. The van der Waals surface area contributed by atoms with Crippen LogP contribution in [0.2, 0.25) is 10.0 Å². The van der Waals surface area contributed by atoms with Crippen LogP contribution in [0.15, 0.2) is 53.1 Å². The lowest BCUT2D eigenvalue weighted by molar-refractivity contribution is -0.137. The van der Waals surface area contributed by atoms with Crippen LogP contribution >= 0.6 is 23.2 Å². The molecular weight excluding hydrogens is 443 g/mol. The van der Waals surface area contributed by atoms with Gasteiger partial charge in [-0.3, -0.25) is 9.59 Å². The Hall–Kier alpha value is -3.29. The molecule has 0 spiro atoms. The maximum absolute atomic E-state index is 11.5. The van der Waals surface area contributed by atoms with E-state index in [1.54, 1.807) is 55.5 Å². The lowest BCUT2D eigenvalue weighted by Crippen LogP contribution is -2.27. The normalized spacial score (nSPS) is 10.9. The molecule has 0 radical (unpaired) electrons. The van der Waals surface area contributed by atoms with Gasteiger partial charge in [0.1, 0.15) is 30.4 Å². The van der Waals surface area contributed by atoms with Crippen LogP contribution in [0.5, 0.6) is 5.75 Å². The molecule has 2 N–H and O–H groups in total. The highest BCUT2D eigenvalue weighted by molar-refractivity contribution is 6.39. The molecule has 0 unspecified atom stereocenters. The number of carboxylic acid groups (broad SMARTS) is 1. The molecule has 3 aromatic rings. The number of nitrogens with zero attached hydrogens (tertiary/aromatic N) is 1. The van der Waals surface area contributed by atoms with E-state index in [2.05, 4.69) is 10.5 Å². The van der Waals surface area contributed by atoms with Gasteiger partial charge >= 0.3 is 5.97 Å². The van der Waals surface area contributed by atoms with Crippen LogP contribution in [0.1, 0.15) is 16.9 Å². The molecule has 0 saturated carbocycles. The number of rotatable bonds is 8. The molecular formula is C22H18Cl2N2O5. The Morgan fingerprint density at radius 2 is 1.84 bits per heavy atom. The fourth-order valence-electron chi connectivity index (χ4n) is 2.71. The number of benzene rings is 2. The summed E-state index contributed by atoms with van der Waals surface area (Å²) in [5.74, 6) is -0.398. The molecule has 0 aliphatic rings. The van der Waals surface area contributed by atoms with Gasteiger partial charge in [-0.25, -0.2) is 0 Å². The predicted molar refractivity (Wildman–Crippen MR) is 117 cm³/mol. The Morgan fingerprint density at radius 1 is 1.16 bits per heavy atom. The third-order valence-electron chi connectivity index (χ3n) is 4.29. The number of carboxylic acids is 1. The SMILES string of the molecule is Cc1onc(-c2c(Cl)cccc2Cl)c1COc1ccc(C=CC(=O)NCC(=O)O)cc1. The molecule has 0 bridgehead atoms. The molecule has 0 aliphatic carbocycles. The Bertz CT molecular complexity index is 1100. The van der Waals surface area contributed by atoms with Gasteiger partial charge in [0.2, 0.25) is 5.91 Å². The van der Waals surface area contributed by atoms with Crippen molar-refractivity contribution in [1.82, 2.24) is 10.5 Å². The monoisotopic (exact) mass is 460 g/mol. The standard InChI is InChI=1S/C22H18Cl2N2O5/c1-13-16(22(26-31-13)21-17(23)3-2-4-18(21)24)12-30-15-8-5-14(6-9-15)7-10-19(27)25-11-20(28)29/h2-10H,11-12H2,1H3,(H,25,27)(H,28,29). The zero-order valence-corrected chi connectivity index (χ0v) is 17.9. The number of aliphatic carboxylic acids is 1. The van der Waals surface area contributed by atoms with Gasteiger partial charge in [-0.05, 0) is 42.8 Å². The van der Waals surface area contributed by atoms with Crippen LogP contribution < -0.4 is 10.1 Å². The molecule has 1 amide bonds. The molecule has 0 saturated heterocycles. The summed E-state index contributed by atoms with van der Waals surface area (Å²) >= 11 is 12.6. The topological polar surface area (TPSA) is 102 Å². The van der Waals surface area contributed by atoms with E-state index in [9.17, 15) is 9.59 Å². The fourth-order valence-corrected chi connectivity index (χ4v) is 3.28. The first-order chi connectivity index (χ1) is 14.8. The van der Waals surface area contributed by atoms with Crippen LogP contribution in [0, 0.1) is 6.92 Å². The van der Waals surface area contributed by atoms with Gasteiger partial charge in [-0.2, -0.15) is 0 Å². The number of nitrogens with one attached hydrogen (secondary N) is 1. The number of halogens is 2. The van der Waals surface area contributed by atoms with Gasteiger partial charge in [0.15, 0.2) is 0 Å². The van der Waals surface area contributed by atoms with Gasteiger partial charge in [-0.15, -0.1) is 0 Å². The van der Waals surface area contributed by atoms with E-state index >= 15 is 0 Å². The minimum absolute atomic E-state index is 0.193. The molecule has 31 heavy (non-hydrogen) atoms. The Labute approximate surface area is 188 Å². The number of carbonyl (C=O) groups excluding carboxylic acids is 1. The average molecular weight is 461 g/mol. The van der Waals surface area contributed by atoms with Crippen LogP contribution in [0.25, 0.3) is 17.3 Å². The van der Waals surface area contributed by atoms with Crippen molar-refractivity contribution in [2.24, 2.45) is 0 Å². The average Bonchev–Trinajstić information content (AvgIpc) is 3.10. The largest absolute Gasteiger partial charge is 0.489 e. The Kier molecular flexibility index (Phi) is 7.33. The van der Waals surface area contributed by atoms with Crippen molar-refractivity contribution >= 4 is 41.2 Å². The molecule has 3 rings (SSSR count). The number of amides is 1. The van der Waals surface area contributed by atoms with E-state index in [1.807, 2.05) is 0 Å². The van der Waals surface area contributed by atoms with E-state index in [0.29, 0.717) is 32.8 Å². The summed E-state index contributed by atoms with van der Waals surface area (Å²) in [6.07, 6.45) is 2.83. The second-order valence-corrected chi connectivity index (χ2v) is 7.28. The van der Waals surface area contributed by atoms with Crippen molar-refractivity contribution in [2.75, 3.05) is 6.54 Å². The highest BCUT2D eigenvalue weighted by Gasteiger charge is 2.20. The molecule has 0 atom stereocenters. The summed E-state index contributed by atoms with van der Waals surface area (Å²) in [5.41, 5.74) is 2.60. The second kappa shape index (κ2) is 10.1. The van der Waals surface area contributed by atoms with Gasteiger partial charge < -0.3 is 19.7 Å². The molecule has 2 aromatic carbocycles. The summed E-state index contributed by atoms with van der Waals surface area (Å²) in [6.45, 7) is 1.54. The summed E-state index contributed by atoms with van der Waals surface area (Å²) < 4.78 is 11.2. The number of hydrogen-bond donors (Lipinski definition) is 2. The minimum atomic E-state index is -1.11. The van der Waals surface area contributed by atoms with E-state index in [1.165, 1.54) is 6.08 Å². The van der Waals surface area contributed by atoms with Crippen molar-refractivity contribution in [3.8, 4) is 17.0 Å². The quantitative estimate of drug-likeness (QED) is 0.470. The van der Waals surface area contributed by atoms with Crippen LogP contribution in [-0.4, -0.2) is 28.7 Å². The summed E-state index contributed by atoms with van der Waals surface area (Å²) in [6, 6.07) is 12.2. The third kappa shape index (κ3) is 5.87. The third-order valence-corrected chi connectivity index (χ3v) is 4.92. The summed E-state index contributed by atoms with van der Waals surface area (Å²) in [5, 5.41) is 15.8. The molecule has 7 nitrogen and oxygen atoms in total. The number of carbonyl (C=O) groups is 2. The number of aryl methyl sites for hydroxylation is 1. The zero-order chi connectivity index (χ0) is 22.4. The van der Waals surface area contributed by atoms with E-state index in [4.69, 9.17) is 37.6 Å². The van der Waals surface area contributed by atoms with Gasteiger partial charge in [0, 0.05) is 11.6 Å². The van der Waals surface area contributed by atoms with Crippen molar-refractivity contribution in [3.05, 3.63) is 75.5 Å². The summed E-state index contributed by atoms with van der Waals surface area (Å²) in [7, 11) is 0. The van der Waals surface area contributed by atoms with Crippen molar-refractivity contribution in [1.29, 1.82) is 0 Å². The number of hydrogen-bond acceptors (Lipinski definition) is 5. The fraction of sp³-hybridized carbons (Fsp3) is 0.136. The van der Waals surface area contributed by atoms with Gasteiger partial charge in [-0.1, -0.05) is 46.6 Å². The smallest absolute Gasteiger partial charge is 0.322 e. The van der Waals surface area contributed by atoms with E-state index in [0.717, 1.165) is 11.1 Å². The highest BCUT2D eigenvalue weighted by atomic mass is 35.5. The molecule has 160 valence electrons. The van der Waals surface area contributed by atoms with Gasteiger partial charge in [0.25, 0.3) is 0 Å². The Balaban J connectivity index is 1.67. The molecule has 1 heterocycles. The Morgan fingerprint density at radius 3 is 2.48 bits per heavy atom.